The number of amides is 1. The molecule has 0 saturated carbocycles. The number of hydrogen-bond acceptors (Lipinski definition) is 5. The molecule has 1 amide bonds. The van der Waals surface area contributed by atoms with Crippen LogP contribution < -0.4 is 9.64 Å². The maximum absolute atomic E-state index is 13.4. The first-order chi connectivity index (χ1) is 14.4. The Morgan fingerprint density at radius 2 is 1.77 bits per heavy atom. The van der Waals surface area contributed by atoms with Gasteiger partial charge in [-0.05, 0) is 81.9 Å². The number of anilines is 1. The van der Waals surface area contributed by atoms with E-state index in [9.17, 15) is 4.79 Å². The standard InChI is InChI=1S/C24H31N3O2S/c1-6-7-14-29-20-10-8-19(9-11-20)23(28)27(13-12-26(4)5)24-25-21-15-17(2)18(3)16-22(21)30-24/h8-11,15-16H,6-7,12-14H2,1-5H3. The summed E-state index contributed by atoms with van der Waals surface area (Å²) in [5, 5.41) is 0.741. The number of carbonyl (C=O) groups is 1. The van der Waals surface area contributed by atoms with Crippen LogP contribution in [0.2, 0.25) is 0 Å². The first-order valence-corrected chi connectivity index (χ1v) is 11.3. The fourth-order valence-electron chi connectivity index (χ4n) is 3.05. The van der Waals surface area contributed by atoms with Crippen LogP contribution in [-0.2, 0) is 0 Å². The molecular formula is C24H31N3O2S. The molecule has 1 aromatic heterocycles. The van der Waals surface area contributed by atoms with Crippen molar-refractivity contribution in [3.05, 3.63) is 53.1 Å². The van der Waals surface area contributed by atoms with Crippen molar-refractivity contribution in [3.8, 4) is 5.75 Å². The van der Waals surface area contributed by atoms with Crippen LogP contribution in [0.15, 0.2) is 36.4 Å². The second kappa shape index (κ2) is 10.0. The Kier molecular flexibility index (Phi) is 7.45. The lowest BCUT2D eigenvalue weighted by Gasteiger charge is -2.22. The predicted molar refractivity (Wildman–Crippen MR) is 126 cm³/mol. The Hall–Kier alpha value is -2.44. The zero-order chi connectivity index (χ0) is 21.7. The number of ether oxygens (including phenoxy) is 1. The monoisotopic (exact) mass is 425 g/mol. The van der Waals surface area contributed by atoms with Gasteiger partial charge in [-0.25, -0.2) is 4.98 Å². The Morgan fingerprint density at radius 1 is 1.07 bits per heavy atom. The van der Waals surface area contributed by atoms with E-state index in [-0.39, 0.29) is 5.91 Å². The summed E-state index contributed by atoms with van der Waals surface area (Å²) in [6, 6.07) is 11.7. The van der Waals surface area contributed by atoms with E-state index in [1.165, 1.54) is 11.1 Å². The Balaban J connectivity index is 1.86. The molecule has 1 heterocycles. The van der Waals surface area contributed by atoms with Crippen LogP contribution in [0.3, 0.4) is 0 Å². The summed E-state index contributed by atoms with van der Waals surface area (Å²) >= 11 is 1.57. The molecule has 0 N–H and O–H groups in total. The lowest BCUT2D eigenvalue weighted by Crippen LogP contribution is -2.36. The number of fused-ring (bicyclic) bond motifs is 1. The smallest absolute Gasteiger partial charge is 0.260 e. The number of carbonyl (C=O) groups excluding carboxylic acids is 1. The van der Waals surface area contributed by atoms with Crippen molar-refractivity contribution >= 4 is 32.6 Å². The van der Waals surface area contributed by atoms with Gasteiger partial charge in [-0.15, -0.1) is 0 Å². The molecule has 0 unspecified atom stereocenters. The Morgan fingerprint density at radius 3 is 2.43 bits per heavy atom. The molecule has 0 bridgehead atoms. The van der Waals surface area contributed by atoms with Crippen LogP contribution >= 0.6 is 11.3 Å². The number of hydrogen-bond donors (Lipinski definition) is 0. The van der Waals surface area contributed by atoms with E-state index < -0.39 is 0 Å². The fraction of sp³-hybridized carbons (Fsp3) is 0.417. The third kappa shape index (κ3) is 5.37. The van der Waals surface area contributed by atoms with E-state index in [4.69, 9.17) is 9.72 Å². The highest BCUT2D eigenvalue weighted by atomic mass is 32.1. The molecule has 0 radical (unpaired) electrons. The van der Waals surface area contributed by atoms with Gasteiger partial charge in [-0.2, -0.15) is 0 Å². The van der Waals surface area contributed by atoms with E-state index in [0.29, 0.717) is 18.7 Å². The van der Waals surface area contributed by atoms with Crippen molar-refractivity contribution < 1.29 is 9.53 Å². The average molecular weight is 426 g/mol. The van der Waals surface area contributed by atoms with Gasteiger partial charge in [0.2, 0.25) is 0 Å². The van der Waals surface area contributed by atoms with Crippen molar-refractivity contribution in [2.45, 2.75) is 33.6 Å². The highest BCUT2D eigenvalue weighted by Gasteiger charge is 2.21. The molecule has 0 aliphatic rings. The number of aryl methyl sites for hydroxylation is 2. The summed E-state index contributed by atoms with van der Waals surface area (Å²) in [5.41, 5.74) is 4.04. The van der Waals surface area contributed by atoms with E-state index in [0.717, 1.165) is 40.5 Å². The van der Waals surface area contributed by atoms with Crippen molar-refractivity contribution in [2.75, 3.05) is 38.7 Å². The largest absolute Gasteiger partial charge is 0.494 e. The highest BCUT2D eigenvalue weighted by Crippen LogP contribution is 2.31. The third-order valence-corrected chi connectivity index (χ3v) is 6.15. The number of thiazole rings is 1. The van der Waals surface area contributed by atoms with Crippen LogP contribution in [0.5, 0.6) is 5.75 Å². The van der Waals surface area contributed by atoms with Gasteiger partial charge < -0.3 is 9.64 Å². The van der Waals surface area contributed by atoms with Crippen LogP contribution in [0.1, 0.15) is 41.3 Å². The SMILES string of the molecule is CCCCOc1ccc(C(=O)N(CCN(C)C)c2nc3cc(C)c(C)cc3s2)cc1. The molecule has 2 aromatic carbocycles. The van der Waals surface area contributed by atoms with E-state index in [2.05, 4.69) is 37.8 Å². The van der Waals surface area contributed by atoms with Crippen molar-refractivity contribution in [1.29, 1.82) is 0 Å². The Labute approximate surface area is 183 Å². The normalized spacial score (nSPS) is 11.3. The number of likely N-dealkylation sites (N-methyl/N-ethyl adjacent to an activating group) is 1. The van der Waals surface area contributed by atoms with Gasteiger partial charge in [0.05, 0.1) is 16.8 Å². The molecule has 0 aliphatic heterocycles. The maximum Gasteiger partial charge on any atom is 0.260 e. The molecule has 0 saturated heterocycles. The fourth-order valence-corrected chi connectivity index (χ4v) is 4.12. The highest BCUT2D eigenvalue weighted by molar-refractivity contribution is 7.22. The summed E-state index contributed by atoms with van der Waals surface area (Å²) in [7, 11) is 4.02. The maximum atomic E-state index is 13.4. The average Bonchev–Trinajstić information content (AvgIpc) is 3.11. The molecule has 5 nitrogen and oxygen atoms in total. The predicted octanol–water partition coefficient (Wildman–Crippen LogP) is 5.30. The zero-order valence-electron chi connectivity index (χ0n) is 18.6. The zero-order valence-corrected chi connectivity index (χ0v) is 19.4. The number of benzene rings is 2. The summed E-state index contributed by atoms with van der Waals surface area (Å²) in [4.78, 5) is 22.0. The van der Waals surface area contributed by atoms with Gasteiger partial charge in [0.25, 0.3) is 5.91 Å². The van der Waals surface area contributed by atoms with E-state index in [1.54, 1.807) is 16.2 Å². The quantitative estimate of drug-likeness (QED) is 0.436. The minimum atomic E-state index is -0.0375. The molecule has 6 heteroatoms. The van der Waals surface area contributed by atoms with Crippen molar-refractivity contribution in [2.24, 2.45) is 0 Å². The summed E-state index contributed by atoms with van der Waals surface area (Å²) < 4.78 is 6.83. The molecule has 0 spiro atoms. The van der Waals surface area contributed by atoms with Gasteiger partial charge in [0.1, 0.15) is 5.75 Å². The van der Waals surface area contributed by atoms with E-state index in [1.807, 2.05) is 38.4 Å². The third-order valence-electron chi connectivity index (χ3n) is 5.11. The van der Waals surface area contributed by atoms with Crippen LogP contribution in [0.4, 0.5) is 5.13 Å². The van der Waals surface area contributed by atoms with Gasteiger partial charge in [0, 0.05) is 18.7 Å². The molecule has 0 fully saturated rings. The minimum absolute atomic E-state index is 0.0375. The molecule has 3 aromatic rings. The number of unbranched alkanes of at least 4 members (excludes halogenated alkanes) is 1. The van der Waals surface area contributed by atoms with Gasteiger partial charge in [-0.1, -0.05) is 24.7 Å². The number of rotatable bonds is 9. The lowest BCUT2D eigenvalue weighted by molar-refractivity contribution is 0.0985. The van der Waals surface area contributed by atoms with Gasteiger partial charge in [-0.3, -0.25) is 9.69 Å². The topological polar surface area (TPSA) is 45.7 Å². The first-order valence-electron chi connectivity index (χ1n) is 10.5. The summed E-state index contributed by atoms with van der Waals surface area (Å²) in [6.07, 6.45) is 2.12. The second-order valence-corrected chi connectivity index (χ2v) is 8.90. The van der Waals surface area contributed by atoms with Crippen LogP contribution in [0, 0.1) is 13.8 Å². The van der Waals surface area contributed by atoms with Gasteiger partial charge >= 0.3 is 0 Å². The molecule has 0 aliphatic carbocycles. The van der Waals surface area contributed by atoms with E-state index >= 15 is 0 Å². The molecule has 160 valence electrons. The lowest BCUT2D eigenvalue weighted by atomic mass is 10.1. The molecule has 3 rings (SSSR count). The Bertz CT molecular complexity index is 957. The number of nitrogens with zero attached hydrogens (tertiary/aromatic N) is 3. The number of aromatic nitrogens is 1. The van der Waals surface area contributed by atoms with Crippen LogP contribution in [-0.4, -0.2) is 49.6 Å². The molecule has 0 atom stereocenters. The molecular weight excluding hydrogens is 394 g/mol. The first kappa shape index (κ1) is 22.2. The second-order valence-electron chi connectivity index (χ2n) is 7.89. The van der Waals surface area contributed by atoms with Gasteiger partial charge in [0.15, 0.2) is 5.13 Å². The van der Waals surface area contributed by atoms with Crippen molar-refractivity contribution in [3.63, 3.8) is 0 Å². The molecule has 30 heavy (non-hydrogen) atoms. The summed E-state index contributed by atoms with van der Waals surface area (Å²) in [6.45, 7) is 8.37. The minimum Gasteiger partial charge on any atom is -0.494 e. The van der Waals surface area contributed by atoms with Crippen molar-refractivity contribution in [1.82, 2.24) is 9.88 Å². The van der Waals surface area contributed by atoms with Crippen LogP contribution in [0.25, 0.3) is 10.2 Å². The summed E-state index contributed by atoms with van der Waals surface area (Å²) in [5.74, 6) is 0.759.